The quantitative estimate of drug-likeness (QED) is 0.294. The first-order valence-electron chi connectivity index (χ1n) is 9.73. The smallest absolute Gasteiger partial charge is 0.234 e. The molecule has 164 valence electrons. The Kier molecular flexibility index (Phi) is 6.13. The Balaban J connectivity index is 1.66. The summed E-state index contributed by atoms with van der Waals surface area (Å²) in [5, 5.41) is 19.8. The number of aryl methyl sites for hydroxylation is 1. The molecule has 0 saturated carbocycles. The van der Waals surface area contributed by atoms with Crippen LogP contribution < -0.4 is 20.3 Å². The number of aromatic amines is 1. The van der Waals surface area contributed by atoms with E-state index in [1.54, 1.807) is 37.0 Å². The maximum absolute atomic E-state index is 12.6. The van der Waals surface area contributed by atoms with E-state index < -0.39 is 0 Å². The third-order valence-corrected chi connectivity index (χ3v) is 5.72. The van der Waals surface area contributed by atoms with E-state index in [9.17, 15) is 4.79 Å². The summed E-state index contributed by atoms with van der Waals surface area (Å²) in [5.74, 6) is 1.22. The number of carbonyl (C=O) groups is 1. The zero-order valence-electron chi connectivity index (χ0n) is 17.8. The van der Waals surface area contributed by atoms with Crippen LogP contribution in [0.25, 0.3) is 16.7 Å². The second-order valence-corrected chi connectivity index (χ2v) is 7.82. The van der Waals surface area contributed by atoms with Crippen molar-refractivity contribution in [1.82, 2.24) is 19.7 Å². The van der Waals surface area contributed by atoms with Gasteiger partial charge >= 0.3 is 0 Å². The van der Waals surface area contributed by atoms with Crippen molar-refractivity contribution in [3.8, 4) is 17.2 Å². The highest BCUT2D eigenvalue weighted by atomic mass is 32.2. The Labute approximate surface area is 188 Å². The van der Waals surface area contributed by atoms with Crippen molar-refractivity contribution in [2.24, 2.45) is 0 Å². The number of amides is 1. The molecule has 0 radical (unpaired) electrons. The molecule has 2 heterocycles. The maximum Gasteiger partial charge on any atom is 0.234 e. The Hall–Kier alpha value is -3.79. The second kappa shape index (κ2) is 9.15. The number of methoxy groups -OCH3 is 2. The van der Waals surface area contributed by atoms with Gasteiger partial charge in [-0.2, -0.15) is 5.10 Å². The Bertz CT molecular complexity index is 1350. The van der Waals surface area contributed by atoms with Crippen molar-refractivity contribution in [3.63, 3.8) is 0 Å². The average Bonchev–Trinajstić information content (AvgIpc) is 3.18. The largest absolute Gasteiger partial charge is 0.497 e. The van der Waals surface area contributed by atoms with Crippen LogP contribution in [0, 0.1) is 12.3 Å². The fourth-order valence-electron chi connectivity index (χ4n) is 3.25. The summed E-state index contributed by atoms with van der Waals surface area (Å²) in [6, 6.07) is 14.5. The van der Waals surface area contributed by atoms with Gasteiger partial charge < -0.3 is 14.8 Å². The number of aromatic nitrogens is 4. The van der Waals surface area contributed by atoms with E-state index in [-0.39, 0.29) is 17.1 Å². The SMILES string of the molecule is COc1cccc(NC(=O)CSc2nc3[nH]nc(C)c3c(=N)n2-c2cccc(OC)c2)c1. The molecular formula is C22H22N6O3S. The van der Waals surface area contributed by atoms with E-state index in [4.69, 9.17) is 14.9 Å². The third kappa shape index (κ3) is 4.30. The highest BCUT2D eigenvalue weighted by molar-refractivity contribution is 7.99. The number of nitrogens with one attached hydrogen (secondary N) is 3. The summed E-state index contributed by atoms with van der Waals surface area (Å²) in [5.41, 5.74) is 2.76. The maximum atomic E-state index is 12.6. The normalized spacial score (nSPS) is 10.8. The molecule has 1 amide bonds. The Morgan fingerprint density at radius 1 is 1.16 bits per heavy atom. The first-order valence-corrected chi connectivity index (χ1v) is 10.7. The van der Waals surface area contributed by atoms with Gasteiger partial charge in [-0.1, -0.05) is 23.9 Å². The monoisotopic (exact) mass is 450 g/mol. The van der Waals surface area contributed by atoms with Crippen molar-refractivity contribution in [2.75, 3.05) is 25.3 Å². The van der Waals surface area contributed by atoms with Crippen molar-refractivity contribution in [2.45, 2.75) is 12.1 Å². The molecule has 0 unspecified atom stereocenters. The molecule has 0 aliphatic carbocycles. The number of H-pyrrole nitrogens is 1. The van der Waals surface area contributed by atoms with Gasteiger partial charge in [0.15, 0.2) is 10.8 Å². The van der Waals surface area contributed by atoms with E-state index in [0.717, 1.165) is 0 Å². The lowest BCUT2D eigenvalue weighted by Gasteiger charge is -2.14. The van der Waals surface area contributed by atoms with Crippen molar-refractivity contribution >= 4 is 34.4 Å². The topological polar surface area (TPSA) is 118 Å². The fraction of sp³-hybridized carbons (Fsp3) is 0.182. The average molecular weight is 451 g/mol. The second-order valence-electron chi connectivity index (χ2n) is 6.88. The number of hydrogen-bond acceptors (Lipinski definition) is 7. The number of hydrogen-bond donors (Lipinski definition) is 3. The first-order chi connectivity index (χ1) is 15.5. The Morgan fingerprint density at radius 3 is 2.62 bits per heavy atom. The van der Waals surface area contributed by atoms with Gasteiger partial charge in [0.25, 0.3) is 0 Å². The highest BCUT2D eigenvalue weighted by Gasteiger charge is 2.16. The van der Waals surface area contributed by atoms with Crippen LogP contribution in [-0.2, 0) is 4.79 Å². The van der Waals surface area contributed by atoms with Crippen molar-refractivity contribution < 1.29 is 14.3 Å². The van der Waals surface area contributed by atoms with Gasteiger partial charge in [-0.15, -0.1) is 0 Å². The van der Waals surface area contributed by atoms with Gasteiger partial charge in [0, 0.05) is 17.8 Å². The summed E-state index contributed by atoms with van der Waals surface area (Å²) in [6.45, 7) is 1.82. The molecule has 2 aromatic heterocycles. The zero-order chi connectivity index (χ0) is 22.7. The van der Waals surface area contributed by atoms with E-state index in [2.05, 4.69) is 20.5 Å². The minimum absolute atomic E-state index is 0.103. The third-order valence-electron chi connectivity index (χ3n) is 4.78. The van der Waals surface area contributed by atoms with Gasteiger partial charge in [0.05, 0.1) is 36.7 Å². The fourth-order valence-corrected chi connectivity index (χ4v) is 4.07. The molecule has 0 fully saturated rings. The van der Waals surface area contributed by atoms with Crippen LogP contribution >= 0.6 is 11.8 Å². The van der Waals surface area contributed by atoms with Crippen LogP contribution in [0.1, 0.15) is 5.69 Å². The molecule has 0 atom stereocenters. The van der Waals surface area contributed by atoms with Gasteiger partial charge in [-0.25, -0.2) is 4.98 Å². The lowest BCUT2D eigenvalue weighted by Crippen LogP contribution is -2.23. The van der Waals surface area contributed by atoms with Gasteiger partial charge in [-0.05, 0) is 31.2 Å². The van der Waals surface area contributed by atoms with Crippen LogP contribution in [0.3, 0.4) is 0 Å². The molecule has 4 rings (SSSR count). The van der Waals surface area contributed by atoms with E-state index in [1.807, 2.05) is 37.3 Å². The molecule has 9 nitrogen and oxygen atoms in total. The predicted molar refractivity (Wildman–Crippen MR) is 123 cm³/mol. The van der Waals surface area contributed by atoms with Crippen LogP contribution in [0.2, 0.25) is 0 Å². The number of anilines is 1. The minimum atomic E-state index is -0.199. The van der Waals surface area contributed by atoms with Crippen LogP contribution in [0.15, 0.2) is 53.7 Å². The summed E-state index contributed by atoms with van der Waals surface area (Å²) in [7, 11) is 3.16. The van der Waals surface area contributed by atoms with Gasteiger partial charge in [0.1, 0.15) is 17.0 Å². The summed E-state index contributed by atoms with van der Waals surface area (Å²) >= 11 is 1.23. The van der Waals surface area contributed by atoms with Crippen molar-refractivity contribution in [1.29, 1.82) is 5.41 Å². The molecule has 10 heteroatoms. The molecule has 0 spiro atoms. The number of ether oxygens (including phenoxy) is 2. The zero-order valence-corrected chi connectivity index (χ0v) is 18.6. The predicted octanol–water partition coefficient (Wildman–Crippen LogP) is 3.28. The molecule has 3 N–H and O–H groups in total. The lowest BCUT2D eigenvalue weighted by molar-refractivity contribution is -0.113. The van der Waals surface area contributed by atoms with Crippen LogP contribution in [0.4, 0.5) is 5.69 Å². The number of benzene rings is 2. The van der Waals surface area contributed by atoms with Gasteiger partial charge in [-0.3, -0.25) is 19.9 Å². The summed E-state index contributed by atoms with van der Waals surface area (Å²) in [4.78, 5) is 17.2. The molecule has 4 aromatic rings. The number of rotatable bonds is 7. The first kappa shape index (κ1) is 21.4. The highest BCUT2D eigenvalue weighted by Crippen LogP contribution is 2.24. The van der Waals surface area contributed by atoms with Crippen LogP contribution in [0.5, 0.6) is 11.5 Å². The molecule has 0 bridgehead atoms. The van der Waals surface area contributed by atoms with Crippen molar-refractivity contribution in [3.05, 3.63) is 59.7 Å². The van der Waals surface area contributed by atoms with Gasteiger partial charge in [0.2, 0.25) is 5.91 Å². The van der Waals surface area contributed by atoms with E-state index in [1.165, 1.54) is 11.8 Å². The molecular weight excluding hydrogens is 428 g/mol. The molecule has 0 aliphatic rings. The lowest BCUT2D eigenvalue weighted by atomic mass is 10.2. The molecule has 0 saturated heterocycles. The number of thioether (sulfide) groups is 1. The molecule has 0 aliphatic heterocycles. The number of fused-ring (bicyclic) bond motifs is 1. The Morgan fingerprint density at radius 2 is 1.88 bits per heavy atom. The number of nitrogens with zero attached hydrogens (tertiary/aromatic N) is 3. The summed E-state index contributed by atoms with van der Waals surface area (Å²) < 4.78 is 12.2. The molecule has 32 heavy (non-hydrogen) atoms. The standard InChI is InChI=1S/C22H22N6O3S/c1-13-19-20(23)28(15-7-5-9-17(11-15)31-3)22(25-21(19)27-26-13)32-12-18(29)24-14-6-4-8-16(10-14)30-2/h4-11,23H,12H2,1-3H3,(H,24,29)(H,26,27). The van der Waals surface area contributed by atoms with E-state index >= 15 is 0 Å². The minimum Gasteiger partial charge on any atom is -0.497 e. The number of carbonyl (C=O) groups excluding carboxylic acids is 1. The summed E-state index contributed by atoms with van der Waals surface area (Å²) in [6.07, 6.45) is 0. The van der Waals surface area contributed by atoms with E-state index in [0.29, 0.717) is 44.8 Å². The molecule has 2 aromatic carbocycles. The van der Waals surface area contributed by atoms with Crippen LogP contribution in [-0.4, -0.2) is 45.6 Å².